The SMILES string of the molecule is CC(C)Oc1ccc2ccccc2c1-c1c(P(C2CCCCC2)C2CCCCC2)ccc2ccccc12. The minimum absolute atomic E-state index is 0.136. The highest BCUT2D eigenvalue weighted by Gasteiger charge is 2.35. The van der Waals surface area contributed by atoms with Gasteiger partial charge in [0.1, 0.15) is 5.75 Å². The zero-order valence-electron chi connectivity index (χ0n) is 22.6. The van der Waals surface area contributed by atoms with Crippen molar-refractivity contribution in [3.05, 3.63) is 72.8 Å². The highest BCUT2D eigenvalue weighted by atomic mass is 31.1. The van der Waals surface area contributed by atoms with E-state index >= 15 is 0 Å². The molecule has 1 nitrogen and oxygen atoms in total. The minimum Gasteiger partial charge on any atom is -0.490 e. The van der Waals surface area contributed by atoms with Gasteiger partial charge in [-0.05, 0) is 83.8 Å². The van der Waals surface area contributed by atoms with Crippen molar-refractivity contribution in [2.24, 2.45) is 0 Å². The van der Waals surface area contributed by atoms with Crippen LogP contribution in [0, 0.1) is 0 Å². The molecule has 6 rings (SSSR count). The van der Waals surface area contributed by atoms with Crippen LogP contribution in [0.2, 0.25) is 0 Å². The van der Waals surface area contributed by atoms with Crippen LogP contribution in [0.4, 0.5) is 0 Å². The van der Waals surface area contributed by atoms with E-state index in [9.17, 15) is 0 Å². The lowest BCUT2D eigenvalue weighted by Gasteiger charge is -2.40. The Morgan fingerprint density at radius 2 is 1.11 bits per heavy atom. The van der Waals surface area contributed by atoms with Gasteiger partial charge in [-0.3, -0.25) is 0 Å². The largest absolute Gasteiger partial charge is 0.490 e. The minimum atomic E-state index is -0.253. The summed E-state index contributed by atoms with van der Waals surface area (Å²) in [5, 5.41) is 7.00. The first-order valence-corrected chi connectivity index (χ1v) is 16.2. The monoisotopic (exact) mass is 508 g/mol. The number of fused-ring (bicyclic) bond motifs is 2. The van der Waals surface area contributed by atoms with Gasteiger partial charge in [0.2, 0.25) is 0 Å². The number of rotatable bonds is 6. The molecular weight excluding hydrogens is 467 g/mol. The maximum Gasteiger partial charge on any atom is 0.128 e. The van der Waals surface area contributed by atoms with E-state index in [4.69, 9.17) is 4.74 Å². The molecule has 4 aromatic carbocycles. The number of benzene rings is 4. The number of hydrogen-bond donors (Lipinski definition) is 0. The molecule has 0 unspecified atom stereocenters. The summed E-state index contributed by atoms with van der Waals surface area (Å²) in [6, 6.07) is 27.4. The van der Waals surface area contributed by atoms with Gasteiger partial charge in [0.15, 0.2) is 0 Å². The Hall–Kier alpha value is -2.37. The fraction of sp³-hybridized carbons (Fsp3) is 0.429. The van der Waals surface area contributed by atoms with Crippen LogP contribution in [-0.4, -0.2) is 17.4 Å². The van der Waals surface area contributed by atoms with E-state index in [0.29, 0.717) is 0 Å². The van der Waals surface area contributed by atoms with Gasteiger partial charge in [-0.25, -0.2) is 0 Å². The topological polar surface area (TPSA) is 9.23 Å². The summed E-state index contributed by atoms with van der Waals surface area (Å²) in [5.41, 5.74) is 4.50. The summed E-state index contributed by atoms with van der Waals surface area (Å²) in [4.78, 5) is 0. The Balaban J connectivity index is 1.66. The van der Waals surface area contributed by atoms with Crippen molar-refractivity contribution in [1.29, 1.82) is 0 Å². The average molecular weight is 509 g/mol. The van der Waals surface area contributed by atoms with Crippen LogP contribution in [0.25, 0.3) is 32.7 Å². The van der Waals surface area contributed by atoms with Gasteiger partial charge in [-0.15, -0.1) is 0 Å². The molecule has 37 heavy (non-hydrogen) atoms. The highest BCUT2D eigenvalue weighted by molar-refractivity contribution is 7.67. The van der Waals surface area contributed by atoms with E-state index in [2.05, 4.69) is 86.6 Å². The van der Waals surface area contributed by atoms with Gasteiger partial charge in [-0.2, -0.15) is 0 Å². The fourth-order valence-corrected chi connectivity index (χ4v) is 11.0. The second-order valence-corrected chi connectivity index (χ2v) is 14.3. The van der Waals surface area contributed by atoms with E-state index in [1.807, 2.05) is 0 Å². The quantitative estimate of drug-likeness (QED) is 0.235. The Morgan fingerprint density at radius 3 is 1.68 bits per heavy atom. The fourth-order valence-electron chi connectivity index (χ4n) is 7.01. The molecular formula is C35H41OP. The van der Waals surface area contributed by atoms with Crippen LogP contribution in [0.3, 0.4) is 0 Å². The summed E-state index contributed by atoms with van der Waals surface area (Å²) in [6.45, 7) is 4.31. The van der Waals surface area contributed by atoms with Crippen molar-refractivity contribution in [2.75, 3.05) is 0 Å². The second-order valence-electron chi connectivity index (χ2n) is 11.5. The molecule has 0 radical (unpaired) electrons. The Morgan fingerprint density at radius 1 is 0.595 bits per heavy atom. The second kappa shape index (κ2) is 11.2. The summed E-state index contributed by atoms with van der Waals surface area (Å²) in [7, 11) is -0.253. The predicted octanol–water partition coefficient (Wildman–Crippen LogP) is 10.2. The first-order chi connectivity index (χ1) is 18.2. The van der Waals surface area contributed by atoms with Crippen LogP contribution in [0.1, 0.15) is 78.1 Å². The smallest absolute Gasteiger partial charge is 0.128 e. The molecule has 0 aromatic heterocycles. The Labute approximate surface area is 224 Å². The van der Waals surface area contributed by atoms with Gasteiger partial charge in [0.05, 0.1) is 6.10 Å². The molecule has 0 amide bonds. The molecule has 0 aliphatic heterocycles. The van der Waals surface area contributed by atoms with E-state index < -0.39 is 0 Å². The molecule has 4 aromatic rings. The van der Waals surface area contributed by atoms with Crippen LogP contribution < -0.4 is 10.0 Å². The van der Waals surface area contributed by atoms with Crippen LogP contribution in [0.5, 0.6) is 5.75 Å². The van der Waals surface area contributed by atoms with E-state index in [-0.39, 0.29) is 14.0 Å². The van der Waals surface area contributed by atoms with Crippen molar-refractivity contribution in [2.45, 2.75) is 95.5 Å². The lowest BCUT2D eigenvalue weighted by atomic mass is 9.93. The van der Waals surface area contributed by atoms with Gasteiger partial charge in [-0.1, -0.05) is 113 Å². The zero-order valence-corrected chi connectivity index (χ0v) is 23.5. The van der Waals surface area contributed by atoms with Gasteiger partial charge in [0, 0.05) is 11.1 Å². The van der Waals surface area contributed by atoms with Crippen LogP contribution in [-0.2, 0) is 0 Å². The van der Waals surface area contributed by atoms with Crippen molar-refractivity contribution in [3.8, 4) is 16.9 Å². The molecule has 0 spiro atoms. The number of ether oxygens (including phenoxy) is 1. The van der Waals surface area contributed by atoms with Crippen molar-refractivity contribution >= 4 is 34.8 Å². The summed E-state index contributed by atoms with van der Waals surface area (Å²) in [6.07, 6.45) is 14.3. The Bertz CT molecular complexity index is 1340. The Kier molecular flexibility index (Phi) is 7.53. The lowest BCUT2D eigenvalue weighted by molar-refractivity contribution is 0.244. The van der Waals surface area contributed by atoms with E-state index in [1.54, 1.807) is 5.30 Å². The summed E-state index contributed by atoms with van der Waals surface area (Å²) < 4.78 is 6.59. The molecule has 0 atom stereocenters. The maximum atomic E-state index is 6.59. The summed E-state index contributed by atoms with van der Waals surface area (Å²) >= 11 is 0. The molecule has 0 heterocycles. The van der Waals surface area contributed by atoms with Crippen LogP contribution >= 0.6 is 7.92 Å². The molecule has 0 N–H and O–H groups in total. The number of hydrogen-bond acceptors (Lipinski definition) is 1. The van der Waals surface area contributed by atoms with Crippen molar-refractivity contribution in [1.82, 2.24) is 0 Å². The molecule has 2 aliphatic rings. The van der Waals surface area contributed by atoms with Gasteiger partial charge < -0.3 is 4.74 Å². The third-order valence-corrected chi connectivity index (χ3v) is 12.2. The highest BCUT2D eigenvalue weighted by Crippen LogP contribution is 2.57. The zero-order chi connectivity index (χ0) is 25.2. The van der Waals surface area contributed by atoms with Gasteiger partial charge >= 0.3 is 0 Å². The van der Waals surface area contributed by atoms with Crippen molar-refractivity contribution < 1.29 is 4.74 Å². The molecule has 2 saturated carbocycles. The molecule has 2 fully saturated rings. The normalized spacial score (nSPS) is 17.7. The first kappa shape index (κ1) is 24.9. The third kappa shape index (κ3) is 5.05. The molecule has 2 heteroatoms. The van der Waals surface area contributed by atoms with Gasteiger partial charge in [0.25, 0.3) is 0 Å². The van der Waals surface area contributed by atoms with Crippen LogP contribution in [0.15, 0.2) is 72.8 Å². The first-order valence-electron chi connectivity index (χ1n) is 14.7. The van der Waals surface area contributed by atoms with E-state index in [0.717, 1.165) is 17.1 Å². The van der Waals surface area contributed by atoms with E-state index in [1.165, 1.54) is 96.9 Å². The maximum absolute atomic E-state index is 6.59. The summed E-state index contributed by atoms with van der Waals surface area (Å²) in [5.74, 6) is 1.04. The van der Waals surface area contributed by atoms with Crippen molar-refractivity contribution in [3.63, 3.8) is 0 Å². The third-order valence-electron chi connectivity index (χ3n) is 8.62. The molecule has 192 valence electrons. The molecule has 0 bridgehead atoms. The lowest BCUT2D eigenvalue weighted by Crippen LogP contribution is -2.27. The molecule has 2 aliphatic carbocycles. The average Bonchev–Trinajstić information content (AvgIpc) is 2.94. The standard InChI is InChI=1S/C35H41OP/c1-25(2)36-32-23-21-26-13-9-11-19-30(26)34(32)35-31-20-12-10-14-27(31)22-24-33(35)37(28-15-5-3-6-16-28)29-17-7-4-8-18-29/h9-14,19-25,28-29H,3-8,15-18H2,1-2H3. The molecule has 0 saturated heterocycles. The predicted molar refractivity (Wildman–Crippen MR) is 163 cm³/mol.